The maximum Gasteiger partial charge on any atom is 0.0773 e. The average Bonchev–Trinajstić information content (AvgIpc) is 2.37. The molecule has 0 saturated carbocycles. The molecular formula is C17H34O2. The standard InChI is InChI=1S/C17H34O2/c1-4-5-6-7-8-9-10-11-12-17(18)15-19-14-13-16(2)3/h17-18H,2,4-15H2,1,3H3. The third-order valence-corrected chi connectivity index (χ3v) is 3.37. The number of rotatable bonds is 14. The van der Waals surface area contributed by atoms with E-state index in [1.165, 1.54) is 44.9 Å². The molecule has 0 fully saturated rings. The molecule has 1 unspecified atom stereocenters. The fourth-order valence-electron chi connectivity index (χ4n) is 2.06. The SMILES string of the molecule is C=C(C)CCOCC(O)CCCCCCCCCC. The van der Waals surface area contributed by atoms with Crippen LogP contribution in [0, 0.1) is 0 Å². The van der Waals surface area contributed by atoms with Gasteiger partial charge in [-0.25, -0.2) is 0 Å². The van der Waals surface area contributed by atoms with Crippen LogP contribution in [-0.4, -0.2) is 24.4 Å². The van der Waals surface area contributed by atoms with Crippen molar-refractivity contribution in [3.05, 3.63) is 12.2 Å². The average molecular weight is 270 g/mol. The van der Waals surface area contributed by atoms with Crippen molar-refractivity contribution in [3.8, 4) is 0 Å². The van der Waals surface area contributed by atoms with Crippen LogP contribution in [0.25, 0.3) is 0 Å². The number of hydrogen-bond acceptors (Lipinski definition) is 2. The van der Waals surface area contributed by atoms with Gasteiger partial charge in [0.25, 0.3) is 0 Å². The zero-order chi connectivity index (χ0) is 14.3. The Labute approximate surface area is 120 Å². The Bertz CT molecular complexity index is 201. The summed E-state index contributed by atoms with van der Waals surface area (Å²) in [6.07, 6.45) is 12.0. The van der Waals surface area contributed by atoms with E-state index < -0.39 is 0 Å². The summed E-state index contributed by atoms with van der Waals surface area (Å²) in [4.78, 5) is 0. The number of hydrogen-bond donors (Lipinski definition) is 1. The van der Waals surface area contributed by atoms with E-state index in [9.17, 15) is 5.11 Å². The topological polar surface area (TPSA) is 29.5 Å². The molecule has 0 rings (SSSR count). The Hall–Kier alpha value is -0.340. The molecule has 0 aliphatic carbocycles. The Morgan fingerprint density at radius 1 is 1.05 bits per heavy atom. The molecule has 1 N–H and O–H groups in total. The molecule has 0 aromatic carbocycles. The van der Waals surface area contributed by atoms with Gasteiger partial charge in [0.1, 0.15) is 0 Å². The van der Waals surface area contributed by atoms with E-state index >= 15 is 0 Å². The minimum Gasteiger partial charge on any atom is -0.391 e. The molecule has 114 valence electrons. The van der Waals surface area contributed by atoms with Gasteiger partial charge in [0, 0.05) is 0 Å². The van der Waals surface area contributed by atoms with Crippen LogP contribution in [0.3, 0.4) is 0 Å². The molecule has 0 heterocycles. The third-order valence-electron chi connectivity index (χ3n) is 3.37. The molecule has 0 aliphatic heterocycles. The molecule has 0 spiro atoms. The first-order chi connectivity index (χ1) is 9.16. The fourth-order valence-corrected chi connectivity index (χ4v) is 2.06. The molecule has 1 atom stereocenters. The van der Waals surface area contributed by atoms with Crippen molar-refractivity contribution in [2.45, 2.75) is 84.2 Å². The van der Waals surface area contributed by atoms with E-state index in [1.54, 1.807) is 0 Å². The van der Waals surface area contributed by atoms with Crippen LogP contribution in [0.4, 0.5) is 0 Å². The third kappa shape index (κ3) is 15.6. The Kier molecular flexibility index (Phi) is 13.8. The van der Waals surface area contributed by atoms with Gasteiger partial charge in [-0.15, -0.1) is 6.58 Å². The zero-order valence-electron chi connectivity index (χ0n) is 13.1. The van der Waals surface area contributed by atoms with Crippen molar-refractivity contribution < 1.29 is 9.84 Å². The Morgan fingerprint density at radius 3 is 2.21 bits per heavy atom. The minimum absolute atomic E-state index is 0.287. The summed E-state index contributed by atoms with van der Waals surface area (Å²) in [7, 11) is 0. The second-order valence-corrected chi connectivity index (χ2v) is 5.70. The highest BCUT2D eigenvalue weighted by Gasteiger charge is 2.03. The molecule has 0 aromatic rings. The van der Waals surface area contributed by atoms with Gasteiger partial charge in [0.15, 0.2) is 0 Å². The van der Waals surface area contributed by atoms with Gasteiger partial charge in [-0.05, 0) is 19.8 Å². The summed E-state index contributed by atoms with van der Waals surface area (Å²) >= 11 is 0. The lowest BCUT2D eigenvalue weighted by molar-refractivity contribution is 0.0325. The lowest BCUT2D eigenvalue weighted by atomic mass is 10.1. The maximum atomic E-state index is 9.74. The second-order valence-electron chi connectivity index (χ2n) is 5.70. The summed E-state index contributed by atoms with van der Waals surface area (Å²) in [6, 6.07) is 0. The van der Waals surface area contributed by atoms with Gasteiger partial charge < -0.3 is 9.84 Å². The molecule has 0 amide bonds. The first kappa shape index (κ1) is 18.7. The van der Waals surface area contributed by atoms with Gasteiger partial charge in [-0.2, -0.15) is 0 Å². The highest BCUT2D eigenvalue weighted by Crippen LogP contribution is 2.10. The van der Waals surface area contributed by atoms with Crippen molar-refractivity contribution >= 4 is 0 Å². The predicted octanol–water partition coefficient (Wildman–Crippen LogP) is 4.86. The largest absolute Gasteiger partial charge is 0.391 e. The minimum atomic E-state index is -0.287. The van der Waals surface area contributed by atoms with E-state index in [2.05, 4.69) is 13.5 Å². The molecule has 0 saturated heterocycles. The molecule has 0 radical (unpaired) electrons. The lowest BCUT2D eigenvalue weighted by Crippen LogP contribution is -2.15. The van der Waals surface area contributed by atoms with Gasteiger partial charge in [-0.1, -0.05) is 63.9 Å². The number of unbranched alkanes of at least 4 members (excludes halogenated alkanes) is 7. The van der Waals surface area contributed by atoms with Gasteiger partial charge in [0.2, 0.25) is 0 Å². The van der Waals surface area contributed by atoms with Crippen molar-refractivity contribution in [2.24, 2.45) is 0 Å². The van der Waals surface area contributed by atoms with Crippen LogP contribution < -0.4 is 0 Å². The van der Waals surface area contributed by atoms with Crippen LogP contribution in [-0.2, 0) is 4.74 Å². The van der Waals surface area contributed by atoms with Crippen molar-refractivity contribution in [3.63, 3.8) is 0 Å². The first-order valence-corrected chi connectivity index (χ1v) is 8.07. The summed E-state index contributed by atoms with van der Waals surface area (Å²) in [5.41, 5.74) is 1.14. The van der Waals surface area contributed by atoms with Crippen molar-refractivity contribution in [1.82, 2.24) is 0 Å². The summed E-state index contributed by atoms with van der Waals surface area (Å²) < 4.78 is 5.42. The number of aliphatic hydroxyl groups excluding tert-OH is 1. The van der Waals surface area contributed by atoms with E-state index in [-0.39, 0.29) is 6.10 Å². The Balaban J connectivity index is 3.15. The lowest BCUT2D eigenvalue weighted by Gasteiger charge is -2.11. The molecule has 2 heteroatoms. The molecule has 0 bridgehead atoms. The predicted molar refractivity (Wildman–Crippen MR) is 83.5 cm³/mol. The maximum absolute atomic E-state index is 9.74. The quantitative estimate of drug-likeness (QED) is 0.361. The van der Waals surface area contributed by atoms with E-state index in [0.29, 0.717) is 13.2 Å². The highest BCUT2D eigenvalue weighted by molar-refractivity contribution is 4.87. The number of ether oxygens (including phenoxy) is 1. The van der Waals surface area contributed by atoms with E-state index in [1.807, 2.05) is 6.92 Å². The monoisotopic (exact) mass is 270 g/mol. The summed E-state index contributed by atoms with van der Waals surface area (Å²) in [5, 5.41) is 9.74. The van der Waals surface area contributed by atoms with Gasteiger partial charge in [-0.3, -0.25) is 0 Å². The normalized spacial score (nSPS) is 12.6. The highest BCUT2D eigenvalue weighted by atomic mass is 16.5. The first-order valence-electron chi connectivity index (χ1n) is 8.07. The molecule has 0 aliphatic rings. The molecule has 0 aromatic heterocycles. The van der Waals surface area contributed by atoms with Crippen LogP contribution in [0.15, 0.2) is 12.2 Å². The second kappa shape index (κ2) is 14.1. The van der Waals surface area contributed by atoms with Gasteiger partial charge in [0.05, 0.1) is 19.3 Å². The van der Waals surface area contributed by atoms with E-state index in [0.717, 1.165) is 24.8 Å². The van der Waals surface area contributed by atoms with Crippen molar-refractivity contribution in [1.29, 1.82) is 0 Å². The van der Waals surface area contributed by atoms with Crippen molar-refractivity contribution in [2.75, 3.05) is 13.2 Å². The van der Waals surface area contributed by atoms with Crippen LogP contribution >= 0.6 is 0 Å². The molecule has 19 heavy (non-hydrogen) atoms. The van der Waals surface area contributed by atoms with E-state index in [4.69, 9.17) is 4.74 Å². The zero-order valence-corrected chi connectivity index (χ0v) is 13.1. The van der Waals surface area contributed by atoms with Crippen LogP contribution in [0.5, 0.6) is 0 Å². The smallest absolute Gasteiger partial charge is 0.0773 e. The summed E-state index contributed by atoms with van der Waals surface area (Å²) in [5.74, 6) is 0. The van der Waals surface area contributed by atoms with Crippen LogP contribution in [0.2, 0.25) is 0 Å². The Morgan fingerprint density at radius 2 is 1.63 bits per heavy atom. The molecular weight excluding hydrogens is 236 g/mol. The molecule has 2 nitrogen and oxygen atoms in total. The van der Waals surface area contributed by atoms with Gasteiger partial charge >= 0.3 is 0 Å². The fraction of sp³-hybridized carbons (Fsp3) is 0.882. The summed E-state index contributed by atoms with van der Waals surface area (Å²) in [6.45, 7) is 9.24. The number of aliphatic hydroxyl groups is 1. The van der Waals surface area contributed by atoms with Crippen LogP contribution in [0.1, 0.15) is 78.1 Å².